The van der Waals surface area contributed by atoms with E-state index in [-0.39, 0.29) is 12.5 Å². The lowest BCUT2D eigenvalue weighted by Gasteiger charge is -2.45. The van der Waals surface area contributed by atoms with Gasteiger partial charge in [0.15, 0.2) is 12.6 Å². The smallest absolute Gasteiger partial charge is 0.219 e. The number of rotatable bonds is 15. The average molecular weight is 526 g/mol. The molecule has 0 aliphatic carbocycles. The van der Waals surface area contributed by atoms with Gasteiger partial charge in [-0.3, -0.25) is 4.79 Å². The highest BCUT2D eigenvalue weighted by molar-refractivity contribution is 5.75. The largest absolute Gasteiger partial charge is 0.394 e. The van der Waals surface area contributed by atoms with Crippen molar-refractivity contribution in [3.63, 3.8) is 0 Å². The summed E-state index contributed by atoms with van der Waals surface area (Å²) in [6, 6.07) is 0. The molecule has 212 valence electrons. The van der Waals surface area contributed by atoms with Crippen LogP contribution in [-0.2, 0) is 23.7 Å². The summed E-state index contributed by atoms with van der Waals surface area (Å²) in [5.41, 5.74) is 0. The quantitative estimate of drug-likeness (QED) is 0.104. The maximum Gasteiger partial charge on any atom is 0.219 e. The van der Waals surface area contributed by atoms with Crippen molar-refractivity contribution in [1.29, 1.82) is 0 Å². The number of carbonyl (C=O) groups is 1. The number of carbonyl (C=O) groups excluding carboxylic acids is 1. The molecule has 7 unspecified atom stereocenters. The van der Waals surface area contributed by atoms with E-state index in [1.165, 1.54) is 0 Å². The number of aliphatic hydroxyl groups excluding tert-OH is 7. The Morgan fingerprint density at radius 2 is 1.42 bits per heavy atom. The standard InChI is InChI=1S/C23H43NO12/c1-2-3-8-15(27)24-9-6-4-5-7-10-33-22-20(32)21(17(29)14(12-26)34-22)36-23-19(31)18(30)16(28)13(11-25)35-23/h13-14,16-23,25-26,28-32H,2-12H2,1H3,(H,24,27)/t13?,14?,16-,17-,18?,19?,20?,21?,22?,23+/m0/s1. The van der Waals surface area contributed by atoms with Gasteiger partial charge in [-0.2, -0.15) is 0 Å². The first-order valence-electron chi connectivity index (χ1n) is 12.7. The van der Waals surface area contributed by atoms with Gasteiger partial charge in [-0.15, -0.1) is 0 Å². The van der Waals surface area contributed by atoms with Gasteiger partial charge in [0.1, 0.15) is 48.8 Å². The molecule has 2 fully saturated rings. The number of aliphatic hydroxyl groups is 7. The second-order valence-corrected chi connectivity index (χ2v) is 9.24. The minimum Gasteiger partial charge on any atom is -0.394 e. The predicted molar refractivity (Wildman–Crippen MR) is 123 cm³/mol. The van der Waals surface area contributed by atoms with Crippen LogP contribution in [0.15, 0.2) is 0 Å². The minimum absolute atomic E-state index is 0.0599. The number of nitrogens with one attached hydrogen (secondary N) is 1. The number of unbranched alkanes of at least 4 members (excludes halogenated alkanes) is 4. The zero-order chi connectivity index (χ0) is 26.7. The van der Waals surface area contributed by atoms with Gasteiger partial charge in [0.2, 0.25) is 5.91 Å². The molecule has 2 rings (SSSR count). The highest BCUT2D eigenvalue weighted by Crippen LogP contribution is 2.29. The molecule has 0 aromatic heterocycles. The third-order valence-electron chi connectivity index (χ3n) is 6.39. The molecule has 2 saturated heterocycles. The van der Waals surface area contributed by atoms with Gasteiger partial charge in [-0.1, -0.05) is 26.2 Å². The summed E-state index contributed by atoms with van der Waals surface area (Å²) in [4.78, 5) is 11.6. The number of hydrogen-bond donors (Lipinski definition) is 8. The van der Waals surface area contributed by atoms with Crippen molar-refractivity contribution in [1.82, 2.24) is 5.32 Å². The fraction of sp³-hybridized carbons (Fsp3) is 0.957. The second kappa shape index (κ2) is 16.1. The predicted octanol–water partition coefficient (Wildman–Crippen LogP) is -2.51. The van der Waals surface area contributed by atoms with E-state index in [9.17, 15) is 40.5 Å². The van der Waals surface area contributed by atoms with Crippen LogP contribution < -0.4 is 5.32 Å². The summed E-state index contributed by atoms with van der Waals surface area (Å²) in [7, 11) is 0. The molecule has 0 aromatic carbocycles. The Labute approximate surface area is 210 Å². The van der Waals surface area contributed by atoms with Crippen molar-refractivity contribution in [3.05, 3.63) is 0 Å². The number of ether oxygens (including phenoxy) is 4. The molecule has 2 aliphatic rings. The van der Waals surface area contributed by atoms with Crippen LogP contribution in [0.3, 0.4) is 0 Å². The summed E-state index contributed by atoms with van der Waals surface area (Å²) in [6.07, 6.45) is -9.19. The molecule has 0 bridgehead atoms. The molecule has 0 aromatic rings. The van der Waals surface area contributed by atoms with Crippen LogP contribution in [0.25, 0.3) is 0 Å². The molecule has 13 nitrogen and oxygen atoms in total. The van der Waals surface area contributed by atoms with Gasteiger partial charge in [-0.05, 0) is 19.3 Å². The summed E-state index contributed by atoms with van der Waals surface area (Å²) < 4.78 is 21.9. The SMILES string of the molecule is CCCCC(=O)NCCCCCCOC1OC(CO)[C@H](O)C(O[C@H]2OC(CO)[C@H](O)C(O)C2O)C1O. The highest BCUT2D eigenvalue weighted by atomic mass is 16.7. The third-order valence-corrected chi connectivity index (χ3v) is 6.39. The zero-order valence-electron chi connectivity index (χ0n) is 20.7. The van der Waals surface area contributed by atoms with E-state index in [0.29, 0.717) is 19.4 Å². The van der Waals surface area contributed by atoms with Crippen LogP contribution in [0.1, 0.15) is 51.9 Å². The van der Waals surface area contributed by atoms with E-state index < -0.39 is 74.6 Å². The Kier molecular flexibility index (Phi) is 14.0. The van der Waals surface area contributed by atoms with E-state index in [1.54, 1.807) is 0 Å². The van der Waals surface area contributed by atoms with Gasteiger partial charge in [0, 0.05) is 19.6 Å². The Morgan fingerprint density at radius 3 is 2.08 bits per heavy atom. The lowest BCUT2D eigenvalue weighted by atomic mass is 9.97. The van der Waals surface area contributed by atoms with Crippen molar-refractivity contribution in [2.45, 2.75) is 113 Å². The number of amides is 1. The van der Waals surface area contributed by atoms with Crippen LogP contribution in [0.5, 0.6) is 0 Å². The van der Waals surface area contributed by atoms with Crippen LogP contribution >= 0.6 is 0 Å². The van der Waals surface area contributed by atoms with Crippen LogP contribution in [0.2, 0.25) is 0 Å². The molecule has 10 atom stereocenters. The molecule has 2 aliphatic heterocycles. The van der Waals surface area contributed by atoms with Crippen molar-refractivity contribution >= 4 is 5.91 Å². The summed E-state index contributed by atoms with van der Waals surface area (Å²) >= 11 is 0. The first-order chi connectivity index (χ1) is 17.2. The lowest BCUT2D eigenvalue weighted by molar-refractivity contribution is -0.360. The van der Waals surface area contributed by atoms with Crippen molar-refractivity contribution < 1.29 is 59.5 Å². The summed E-state index contributed by atoms with van der Waals surface area (Å²) in [6.45, 7) is 1.59. The molecule has 0 radical (unpaired) electrons. The fourth-order valence-electron chi connectivity index (χ4n) is 4.12. The van der Waals surface area contributed by atoms with Gasteiger partial charge in [-0.25, -0.2) is 0 Å². The summed E-state index contributed by atoms with van der Waals surface area (Å²) in [5.74, 6) is 0.0599. The van der Waals surface area contributed by atoms with Crippen molar-refractivity contribution in [3.8, 4) is 0 Å². The molecular formula is C23H43NO12. The average Bonchev–Trinajstić information content (AvgIpc) is 2.87. The molecule has 2 heterocycles. The van der Waals surface area contributed by atoms with Gasteiger partial charge in [0.05, 0.1) is 13.2 Å². The minimum atomic E-state index is -1.73. The maximum atomic E-state index is 11.6. The number of hydrogen-bond acceptors (Lipinski definition) is 12. The lowest BCUT2D eigenvalue weighted by Crippen LogP contribution is -2.64. The Morgan fingerprint density at radius 1 is 0.778 bits per heavy atom. The van der Waals surface area contributed by atoms with E-state index in [1.807, 2.05) is 6.92 Å². The Bertz CT molecular complexity index is 626. The molecule has 36 heavy (non-hydrogen) atoms. The molecule has 0 saturated carbocycles. The zero-order valence-corrected chi connectivity index (χ0v) is 20.7. The molecular weight excluding hydrogens is 482 g/mol. The van der Waals surface area contributed by atoms with E-state index >= 15 is 0 Å². The van der Waals surface area contributed by atoms with Crippen LogP contribution in [0.4, 0.5) is 0 Å². The van der Waals surface area contributed by atoms with Crippen molar-refractivity contribution in [2.24, 2.45) is 0 Å². The van der Waals surface area contributed by atoms with Gasteiger partial charge >= 0.3 is 0 Å². The first kappa shape index (κ1) is 31.2. The molecule has 13 heteroatoms. The van der Waals surface area contributed by atoms with E-state index in [0.717, 1.165) is 32.1 Å². The monoisotopic (exact) mass is 525 g/mol. The highest BCUT2D eigenvalue weighted by Gasteiger charge is 2.50. The molecule has 1 amide bonds. The van der Waals surface area contributed by atoms with Gasteiger partial charge in [0.25, 0.3) is 0 Å². The van der Waals surface area contributed by atoms with E-state index in [4.69, 9.17) is 18.9 Å². The Balaban J connectivity index is 1.80. The maximum absolute atomic E-state index is 11.6. The summed E-state index contributed by atoms with van der Waals surface area (Å²) in [5, 5.41) is 73.1. The molecule has 8 N–H and O–H groups in total. The van der Waals surface area contributed by atoms with Crippen LogP contribution in [-0.4, -0.2) is 129 Å². The van der Waals surface area contributed by atoms with Crippen LogP contribution in [0, 0.1) is 0 Å². The first-order valence-corrected chi connectivity index (χ1v) is 12.7. The normalized spacial score (nSPS) is 37.1. The second-order valence-electron chi connectivity index (χ2n) is 9.24. The topological polar surface area (TPSA) is 208 Å². The van der Waals surface area contributed by atoms with Crippen molar-refractivity contribution in [2.75, 3.05) is 26.4 Å². The third kappa shape index (κ3) is 8.81. The molecule has 0 spiro atoms. The fourth-order valence-corrected chi connectivity index (χ4v) is 4.12. The Hall–Kier alpha value is -0.970. The van der Waals surface area contributed by atoms with E-state index in [2.05, 4.69) is 5.32 Å². The van der Waals surface area contributed by atoms with Gasteiger partial charge < -0.3 is 60.0 Å².